The van der Waals surface area contributed by atoms with Crippen LogP contribution < -0.4 is 4.90 Å². The summed E-state index contributed by atoms with van der Waals surface area (Å²) in [6.07, 6.45) is 0.0576. The van der Waals surface area contributed by atoms with Gasteiger partial charge in [0, 0.05) is 6.54 Å². The molecule has 0 N–H and O–H groups in total. The van der Waals surface area contributed by atoms with Crippen molar-refractivity contribution in [1.82, 2.24) is 0 Å². The number of carbonyl (C=O) groups is 2. The summed E-state index contributed by atoms with van der Waals surface area (Å²) in [6, 6.07) is 2.44. The summed E-state index contributed by atoms with van der Waals surface area (Å²) in [7, 11) is 0. The van der Waals surface area contributed by atoms with Crippen LogP contribution in [0, 0.1) is 12.7 Å². The number of hydrogen-bond donors (Lipinski definition) is 0. The molecule has 0 unspecified atom stereocenters. The van der Waals surface area contributed by atoms with E-state index in [1.165, 1.54) is 11.0 Å². The summed E-state index contributed by atoms with van der Waals surface area (Å²) >= 11 is 0. The molecule has 1 heterocycles. The minimum atomic E-state index is -0.651. The fourth-order valence-electron chi connectivity index (χ4n) is 2.20. The molecule has 0 aliphatic carbocycles. The average Bonchev–Trinajstić information content (AvgIpc) is 2.54. The Labute approximate surface area is 111 Å². The largest absolute Gasteiger partial charge is 0.377 e. The van der Waals surface area contributed by atoms with Gasteiger partial charge in [-0.1, -0.05) is 0 Å². The molecule has 1 aromatic carbocycles. The second-order valence-corrected chi connectivity index (χ2v) is 4.82. The van der Waals surface area contributed by atoms with Gasteiger partial charge in [0.25, 0.3) is 11.7 Å². The van der Waals surface area contributed by atoms with E-state index in [-0.39, 0.29) is 11.7 Å². The zero-order valence-corrected chi connectivity index (χ0v) is 11.2. The van der Waals surface area contributed by atoms with Gasteiger partial charge in [-0.2, -0.15) is 0 Å². The van der Waals surface area contributed by atoms with Gasteiger partial charge in [0.1, 0.15) is 5.82 Å². The summed E-state index contributed by atoms with van der Waals surface area (Å²) in [5.74, 6) is -1.77. The lowest BCUT2D eigenvalue weighted by Gasteiger charge is -2.19. The van der Waals surface area contributed by atoms with Crippen LogP contribution in [0.25, 0.3) is 0 Å². The third kappa shape index (κ3) is 2.51. The highest BCUT2D eigenvalue weighted by Gasteiger charge is 2.37. The van der Waals surface area contributed by atoms with E-state index in [9.17, 15) is 14.0 Å². The van der Waals surface area contributed by atoms with Crippen LogP contribution in [0.4, 0.5) is 10.1 Å². The molecule has 1 amide bonds. The van der Waals surface area contributed by atoms with E-state index in [1.54, 1.807) is 6.92 Å². The molecule has 1 aliphatic heterocycles. The molecule has 0 atom stereocenters. The molecule has 0 aromatic heterocycles. The number of hydrogen-bond acceptors (Lipinski definition) is 3. The number of aryl methyl sites for hydroxylation is 1. The minimum Gasteiger partial charge on any atom is -0.377 e. The van der Waals surface area contributed by atoms with Gasteiger partial charge < -0.3 is 9.64 Å². The number of halogens is 1. The predicted octanol–water partition coefficient (Wildman–Crippen LogP) is 2.09. The molecule has 0 radical (unpaired) electrons. The van der Waals surface area contributed by atoms with Crippen molar-refractivity contribution in [2.24, 2.45) is 0 Å². The van der Waals surface area contributed by atoms with Crippen molar-refractivity contribution in [1.29, 1.82) is 0 Å². The number of rotatable bonds is 4. The number of anilines is 1. The Bertz CT molecular complexity index is 540. The molecular formula is C14H16FNO3. The second kappa shape index (κ2) is 5.09. The zero-order chi connectivity index (χ0) is 14.2. The Hall–Kier alpha value is -1.75. The maximum absolute atomic E-state index is 13.3. The lowest BCUT2D eigenvalue weighted by Crippen LogP contribution is -2.33. The van der Waals surface area contributed by atoms with Gasteiger partial charge >= 0.3 is 0 Å². The first-order valence-corrected chi connectivity index (χ1v) is 6.19. The molecule has 0 spiro atoms. The number of nitrogens with zero attached hydrogens (tertiary/aromatic N) is 1. The second-order valence-electron chi connectivity index (χ2n) is 4.82. The first kappa shape index (κ1) is 13.7. The van der Waals surface area contributed by atoms with E-state index in [1.807, 2.05) is 13.8 Å². The van der Waals surface area contributed by atoms with Gasteiger partial charge in [0.05, 0.1) is 24.0 Å². The van der Waals surface area contributed by atoms with E-state index in [4.69, 9.17) is 4.74 Å². The molecule has 0 bridgehead atoms. The SMILES string of the molecule is Cc1cc(F)cc2c1N(CCOC(C)C)C(=O)C2=O. The molecule has 0 saturated carbocycles. The van der Waals surface area contributed by atoms with Crippen molar-refractivity contribution in [2.45, 2.75) is 26.9 Å². The summed E-state index contributed by atoms with van der Waals surface area (Å²) in [6.45, 7) is 6.11. The molecule has 0 saturated heterocycles. The molecule has 5 heteroatoms. The van der Waals surface area contributed by atoms with Crippen LogP contribution in [0.15, 0.2) is 12.1 Å². The standard InChI is InChI=1S/C14H16FNO3/c1-8(2)19-5-4-16-12-9(3)6-10(15)7-11(12)13(17)14(16)18/h6-8H,4-5H2,1-3H3. The Morgan fingerprint density at radius 1 is 1.32 bits per heavy atom. The van der Waals surface area contributed by atoms with Crippen LogP contribution in [0.3, 0.4) is 0 Å². The van der Waals surface area contributed by atoms with E-state index in [2.05, 4.69) is 0 Å². The number of benzene rings is 1. The van der Waals surface area contributed by atoms with Crippen LogP contribution in [-0.4, -0.2) is 30.9 Å². The van der Waals surface area contributed by atoms with Crippen molar-refractivity contribution in [3.8, 4) is 0 Å². The summed E-state index contributed by atoms with van der Waals surface area (Å²) < 4.78 is 18.7. The van der Waals surface area contributed by atoms with Crippen molar-refractivity contribution in [2.75, 3.05) is 18.1 Å². The maximum atomic E-state index is 13.3. The number of carbonyl (C=O) groups excluding carboxylic acids is 2. The third-order valence-electron chi connectivity index (χ3n) is 2.99. The lowest BCUT2D eigenvalue weighted by molar-refractivity contribution is -0.114. The van der Waals surface area contributed by atoms with E-state index in [0.717, 1.165) is 6.07 Å². The van der Waals surface area contributed by atoms with E-state index >= 15 is 0 Å². The Kier molecular flexibility index (Phi) is 3.66. The van der Waals surface area contributed by atoms with Gasteiger partial charge in [-0.25, -0.2) is 4.39 Å². The third-order valence-corrected chi connectivity index (χ3v) is 2.99. The molecule has 1 aromatic rings. The number of fused-ring (bicyclic) bond motifs is 1. The smallest absolute Gasteiger partial charge is 0.299 e. The predicted molar refractivity (Wildman–Crippen MR) is 68.9 cm³/mol. The van der Waals surface area contributed by atoms with Crippen LogP contribution in [0.2, 0.25) is 0 Å². The Morgan fingerprint density at radius 3 is 2.63 bits per heavy atom. The molecule has 19 heavy (non-hydrogen) atoms. The zero-order valence-electron chi connectivity index (χ0n) is 11.2. The molecule has 2 rings (SSSR count). The number of Topliss-reactive ketones (excluding diaryl/α,β-unsaturated/α-hetero) is 1. The molecule has 102 valence electrons. The van der Waals surface area contributed by atoms with Gasteiger partial charge in [0.2, 0.25) is 0 Å². The summed E-state index contributed by atoms with van der Waals surface area (Å²) in [5.41, 5.74) is 1.23. The normalized spacial score (nSPS) is 14.5. The van der Waals surface area contributed by atoms with Crippen molar-refractivity contribution in [3.63, 3.8) is 0 Å². The topological polar surface area (TPSA) is 46.6 Å². The van der Waals surface area contributed by atoms with Crippen molar-refractivity contribution < 1.29 is 18.7 Å². The van der Waals surface area contributed by atoms with Gasteiger partial charge in [-0.05, 0) is 38.5 Å². The molecular weight excluding hydrogens is 249 g/mol. The molecule has 1 aliphatic rings. The lowest BCUT2D eigenvalue weighted by atomic mass is 10.1. The van der Waals surface area contributed by atoms with Crippen molar-refractivity contribution >= 4 is 17.4 Å². The molecule has 4 nitrogen and oxygen atoms in total. The van der Waals surface area contributed by atoms with Gasteiger partial charge in [0.15, 0.2) is 0 Å². The number of ketones is 1. The van der Waals surface area contributed by atoms with Gasteiger partial charge in [-0.3, -0.25) is 9.59 Å². The minimum absolute atomic E-state index is 0.0576. The van der Waals surface area contributed by atoms with Gasteiger partial charge in [-0.15, -0.1) is 0 Å². The highest BCUT2D eigenvalue weighted by molar-refractivity contribution is 6.52. The van der Waals surface area contributed by atoms with E-state index in [0.29, 0.717) is 24.4 Å². The van der Waals surface area contributed by atoms with E-state index < -0.39 is 17.5 Å². The fraction of sp³-hybridized carbons (Fsp3) is 0.429. The van der Waals surface area contributed by atoms with Crippen molar-refractivity contribution in [3.05, 3.63) is 29.1 Å². The monoisotopic (exact) mass is 265 g/mol. The van der Waals surface area contributed by atoms with Crippen LogP contribution in [0.1, 0.15) is 29.8 Å². The van der Waals surface area contributed by atoms with Crippen LogP contribution in [0.5, 0.6) is 0 Å². The number of ether oxygens (including phenoxy) is 1. The highest BCUT2D eigenvalue weighted by atomic mass is 19.1. The highest BCUT2D eigenvalue weighted by Crippen LogP contribution is 2.32. The van der Waals surface area contributed by atoms with Crippen LogP contribution >= 0.6 is 0 Å². The Balaban J connectivity index is 2.28. The summed E-state index contributed by atoms with van der Waals surface area (Å²) in [5, 5.41) is 0. The number of amides is 1. The summed E-state index contributed by atoms with van der Waals surface area (Å²) in [4.78, 5) is 25.1. The Morgan fingerprint density at radius 2 is 2.00 bits per heavy atom. The maximum Gasteiger partial charge on any atom is 0.299 e. The average molecular weight is 265 g/mol. The fourth-order valence-corrected chi connectivity index (χ4v) is 2.20. The quantitative estimate of drug-likeness (QED) is 0.783. The van der Waals surface area contributed by atoms with Crippen LogP contribution in [-0.2, 0) is 9.53 Å². The molecule has 0 fully saturated rings. The first-order chi connectivity index (χ1) is 8.91. The first-order valence-electron chi connectivity index (χ1n) is 6.19.